The van der Waals surface area contributed by atoms with E-state index in [9.17, 15) is 24.6 Å². The number of nitrogens with one attached hydrogen (secondary N) is 1. The molecular weight excluding hydrogens is 610 g/mol. The number of hydrazone groups is 1. The van der Waals surface area contributed by atoms with Gasteiger partial charge in [0.15, 0.2) is 5.75 Å². The minimum atomic E-state index is -1.37. The van der Waals surface area contributed by atoms with Crippen molar-refractivity contribution in [2.75, 3.05) is 12.1 Å². The van der Waals surface area contributed by atoms with Gasteiger partial charge in [0.2, 0.25) is 0 Å². The molecule has 196 valence electrons. The van der Waals surface area contributed by atoms with Gasteiger partial charge in [-0.05, 0) is 48.9 Å². The molecule has 0 aliphatic carbocycles. The molecule has 0 saturated heterocycles. The van der Waals surface area contributed by atoms with Gasteiger partial charge >= 0.3 is 51.4 Å². The first kappa shape index (κ1) is 33.1. The fourth-order valence-corrected chi connectivity index (χ4v) is 4.95. The number of aromatic carboxylic acids is 1. The van der Waals surface area contributed by atoms with E-state index >= 15 is 0 Å². The first-order valence-electron chi connectivity index (χ1n) is 10.7. The number of carboxylic acid groups (broad SMARTS) is 1. The van der Waals surface area contributed by atoms with Crippen LogP contribution in [-0.2, 0) is 0 Å². The molecule has 39 heavy (non-hydrogen) atoms. The maximum Gasteiger partial charge on any atom is 1.00 e. The van der Waals surface area contributed by atoms with Crippen molar-refractivity contribution in [1.82, 2.24) is 10.3 Å². The molecule has 4 aromatic rings. The molecule has 2 amide bonds. The summed E-state index contributed by atoms with van der Waals surface area (Å²) in [5, 5.41) is 31.5. The van der Waals surface area contributed by atoms with E-state index in [4.69, 9.17) is 23.2 Å². The number of carbonyl (C=O) groups excluding carboxylic acids is 3. The standard InChI is InChI=1S/C18H12Cl2N2O4S2.C7H8N2O.K/c1-2-21-22(17(24)13-5-6-14(28-13)18(25)26)12-8-27-16(15(12)23)9-3-4-10(19)11(20)7-9;1-8-7(10)6-4-2-3-5-9-6;/h2-8,23H,1H3,(H,25,26);2-5H,1H3,(H,8,10);/q;;+1/p-1. The maximum absolute atomic E-state index is 12.8. The van der Waals surface area contributed by atoms with E-state index in [2.05, 4.69) is 15.4 Å². The number of carboxylic acids is 1. The van der Waals surface area contributed by atoms with Crippen LogP contribution in [0.4, 0.5) is 5.69 Å². The zero-order chi connectivity index (χ0) is 27.8. The van der Waals surface area contributed by atoms with E-state index in [0.29, 0.717) is 26.2 Å². The predicted molar refractivity (Wildman–Crippen MR) is 149 cm³/mol. The van der Waals surface area contributed by atoms with Gasteiger partial charge in [-0.2, -0.15) is 10.1 Å². The van der Waals surface area contributed by atoms with Gasteiger partial charge in [-0.1, -0.05) is 35.3 Å². The van der Waals surface area contributed by atoms with Crippen molar-refractivity contribution in [3.8, 4) is 16.2 Å². The van der Waals surface area contributed by atoms with E-state index < -0.39 is 11.9 Å². The van der Waals surface area contributed by atoms with Crippen molar-refractivity contribution in [1.29, 1.82) is 0 Å². The number of benzene rings is 1. The average molecular weight is 630 g/mol. The number of pyridine rings is 1. The van der Waals surface area contributed by atoms with Crippen LogP contribution in [0.3, 0.4) is 0 Å². The fraction of sp³-hybridized carbons (Fsp3) is 0.0800. The number of thiophene rings is 2. The molecule has 9 nitrogen and oxygen atoms in total. The molecule has 4 rings (SSSR count). The third kappa shape index (κ3) is 8.43. The summed E-state index contributed by atoms with van der Waals surface area (Å²) in [6, 6.07) is 12.8. The third-order valence-corrected chi connectivity index (χ3v) is 7.52. The topological polar surface area (TPSA) is 135 Å². The molecule has 3 aromatic heterocycles. The van der Waals surface area contributed by atoms with E-state index in [0.717, 1.165) is 16.3 Å². The van der Waals surface area contributed by atoms with Gasteiger partial charge in [0, 0.05) is 24.8 Å². The van der Waals surface area contributed by atoms with Crippen LogP contribution in [0.25, 0.3) is 10.4 Å². The Morgan fingerprint density at radius 1 is 1.10 bits per heavy atom. The first-order valence-corrected chi connectivity index (χ1v) is 13.2. The van der Waals surface area contributed by atoms with Crippen LogP contribution < -0.4 is 66.8 Å². The zero-order valence-corrected chi connectivity index (χ0v) is 27.1. The number of carbonyl (C=O) groups is 3. The van der Waals surface area contributed by atoms with E-state index in [1.807, 2.05) is 0 Å². The van der Waals surface area contributed by atoms with Crippen LogP contribution in [0.1, 0.15) is 36.8 Å². The van der Waals surface area contributed by atoms with Gasteiger partial charge < -0.3 is 20.3 Å². The number of hydrogen-bond acceptors (Lipinski definition) is 9. The second-order valence-electron chi connectivity index (χ2n) is 7.16. The van der Waals surface area contributed by atoms with E-state index in [-0.39, 0.29) is 78.5 Å². The molecule has 0 saturated carbocycles. The number of nitrogens with zero attached hydrogens (tertiary/aromatic N) is 3. The van der Waals surface area contributed by atoms with Crippen molar-refractivity contribution in [3.63, 3.8) is 0 Å². The van der Waals surface area contributed by atoms with Gasteiger partial charge in [0.05, 0.1) is 30.6 Å². The molecule has 1 aromatic carbocycles. The molecule has 14 heteroatoms. The molecule has 0 spiro atoms. The summed E-state index contributed by atoms with van der Waals surface area (Å²) in [7, 11) is 1.58. The monoisotopic (exact) mass is 628 g/mol. The summed E-state index contributed by atoms with van der Waals surface area (Å²) >= 11 is 13.9. The van der Waals surface area contributed by atoms with Crippen molar-refractivity contribution in [3.05, 3.63) is 85.6 Å². The van der Waals surface area contributed by atoms with Gasteiger partial charge in [-0.15, -0.1) is 22.7 Å². The van der Waals surface area contributed by atoms with Crippen LogP contribution in [0, 0.1) is 0 Å². The minimum absolute atomic E-state index is 0. The maximum atomic E-state index is 12.8. The Kier molecular flexibility index (Phi) is 13.2. The smallest absolute Gasteiger partial charge is 0.544 e. The number of amides is 2. The number of rotatable bonds is 6. The summed E-state index contributed by atoms with van der Waals surface area (Å²) in [5.41, 5.74) is 1.24. The summed E-state index contributed by atoms with van der Waals surface area (Å²) in [4.78, 5) is 39.0. The molecule has 2 N–H and O–H groups in total. The van der Waals surface area contributed by atoms with Crippen molar-refractivity contribution in [2.45, 2.75) is 6.92 Å². The van der Waals surface area contributed by atoms with E-state index in [1.54, 1.807) is 61.9 Å². The number of hydrogen-bond donors (Lipinski definition) is 2. The second kappa shape index (κ2) is 15.6. The molecule has 3 heterocycles. The average Bonchev–Trinajstić information content (AvgIpc) is 3.57. The Hall–Kier alpha value is -2.13. The Bertz CT molecular complexity index is 1490. The first-order chi connectivity index (χ1) is 18.2. The van der Waals surface area contributed by atoms with Crippen LogP contribution in [0.15, 0.2) is 65.2 Å². The van der Waals surface area contributed by atoms with Gasteiger partial charge in [0.1, 0.15) is 11.4 Å². The summed E-state index contributed by atoms with van der Waals surface area (Å²) in [5.74, 6) is -2.25. The van der Waals surface area contributed by atoms with Crippen LogP contribution in [0.2, 0.25) is 10.0 Å². The second-order valence-corrected chi connectivity index (χ2v) is 9.94. The number of halogens is 2. The van der Waals surface area contributed by atoms with Crippen molar-refractivity contribution in [2.24, 2.45) is 5.10 Å². The largest absolute Gasteiger partial charge is 1.00 e. The zero-order valence-electron chi connectivity index (χ0n) is 20.8. The Morgan fingerprint density at radius 2 is 1.82 bits per heavy atom. The predicted octanol–water partition coefficient (Wildman–Crippen LogP) is 1.95. The Labute approximate surface area is 284 Å². The van der Waals surface area contributed by atoms with Crippen molar-refractivity contribution < 1.29 is 76.0 Å². The summed E-state index contributed by atoms with van der Waals surface area (Å²) < 4.78 is 0. The van der Waals surface area contributed by atoms with E-state index in [1.165, 1.54) is 29.7 Å². The Morgan fingerprint density at radius 3 is 2.38 bits per heavy atom. The summed E-state index contributed by atoms with van der Waals surface area (Å²) in [6.45, 7) is 1.62. The van der Waals surface area contributed by atoms with Gasteiger partial charge in [-0.25, -0.2) is 0 Å². The van der Waals surface area contributed by atoms with Gasteiger partial charge in [-0.3, -0.25) is 14.6 Å². The third-order valence-electron chi connectivity index (χ3n) is 4.72. The Balaban J connectivity index is 0.000000410. The fourth-order valence-electron chi connectivity index (χ4n) is 2.97. The van der Waals surface area contributed by atoms with Gasteiger partial charge in [0.25, 0.3) is 11.8 Å². The van der Waals surface area contributed by atoms with Crippen LogP contribution in [0.5, 0.6) is 5.75 Å². The molecular formula is C25H19Cl2KN4O5S2. The SMILES string of the molecule is CC=NN(C(=O)c1ccc(C(=O)[O-])s1)c1csc(-c2ccc(Cl)c(Cl)c2)c1O.CNC(=O)c1ccccn1.[K+]. The minimum Gasteiger partial charge on any atom is -0.544 e. The molecule has 0 bridgehead atoms. The normalized spacial score (nSPS) is 10.3. The quantitative estimate of drug-likeness (QED) is 0.190. The molecule has 0 atom stereocenters. The molecule has 0 radical (unpaired) electrons. The number of aromatic hydroxyl groups is 1. The van der Waals surface area contributed by atoms with Crippen LogP contribution >= 0.6 is 45.9 Å². The molecule has 0 fully saturated rings. The molecule has 0 aliphatic heterocycles. The number of aromatic nitrogens is 1. The molecule has 0 aliphatic rings. The number of anilines is 1. The molecule has 0 unspecified atom stereocenters. The van der Waals surface area contributed by atoms with Crippen molar-refractivity contribution >= 4 is 75.6 Å². The van der Waals surface area contributed by atoms with Crippen LogP contribution in [-0.4, -0.2) is 41.1 Å². The summed E-state index contributed by atoms with van der Waals surface area (Å²) in [6.07, 6.45) is 2.98.